The molecule has 0 aliphatic rings. The minimum Gasteiger partial charge on any atom is -0.330 e. The normalized spacial score (nSPS) is 10.9. The molecule has 0 saturated heterocycles. The van der Waals surface area contributed by atoms with Crippen LogP contribution < -0.4 is 11.1 Å². The molecule has 2 heterocycles. The lowest BCUT2D eigenvalue weighted by Gasteiger charge is -2.05. The number of benzene rings is 1. The molecule has 0 radical (unpaired) electrons. The highest BCUT2D eigenvalue weighted by Gasteiger charge is 2.04. The number of carbonyl (C=O) groups excluding carboxylic acids is 1. The van der Waals surface area contributed by atoms with Crippen LogP contribution in [0.3, 0.4) is 0 Å². The van der Waals surface area contributed by atoms with Crippen LogP contribution in [-0.4, -0.2) is 27.6 Å². The SMILES string of the molecule is NCCc1ccc(NC(=O)/C=C/c2cnccc2-c2cn[nH]c2)cc1. The van der Waals surface area contributed by atoms with E-state index in [1.807, 2.05) is 30.3 Å². The van der Waals surface area contributed by atoms with Crippen LogP contribution in [0.5, 0.6) is 0 Å². The van der Waals surface area contributed by atoms with Crippen molar-refractivity contribution in [3.8, 4) is 11.1 Å². The van der Waals surface area contributed by atoms with Crippen molar-refractivity contribution in [2.24, 2.45) is 5.73 Å². The van der Waals surface area contributed by atoms with Gasteiger partial charge in [0.25, 0.3) is 0 Å². The molecule has 0 saturated carbocycles. The molecule has 25 heavy (non-hydrogen) atoms. The fourth-order valence-corrected chi connectivity index (χ4v) is 2.47. The first-order valence-electron chi connectivity index (χ1n) is 7.97. The van der Waals surface area contributed by atoms with E-state index in [1.165, 1.54) is 6.08 Å². The number of aromatic amines is 1. The number of nitrogens with one attached hydrogen (secondary N) is 2. The predicted molar refractivity (Wildman–Crippen MR) is 98.7 cm³/mol. The van der Waals surface area contributed by atoms with Gasteiger partial charge in [0.1, 0.15) is 0 Å². The summed E-state index contributed by atoms with van der Waals surface area (Å²) >= 11 is 0. The van der Waals surface area contributed by atoms with Gasteiger partial charge in [-0.3, -0.25) is 14.9 Å². The first kappa shape index (κ1) is 16.6. The number of aromatic nitrogens is 3. The summed E-state index contributed by atoms with van der Waals surface area (Å²) < 4.78 is 0. The maximum absolute atomic E-state index is 12.1. The van der Waals surface area contributed by atoms with Crippen LogP contribution in [0.4, 0.5) is 5.69 Å². The summed E-state index contributed by atoms with van der Waals surface area (Å²) in [5, 5.41) is 9.58. The minimum absolute atomic E-state index is 0.200. The number of hydrogen-bond donors (Lipinski definition) is 3. The number of anilines is 1. The molecule has 0 atom stereocenters. The van der Waals surface area contributed by atoms with Gasteiger partial charge in [-0.2, -0.15) is 5.10 Å². The van der Waals surface area contributed by atoms with Gasteiger partial charge in [0.15, 0.2) is 0 Å². The Labute approximate surface area is 145 Å². The van der Waals surface area contributed by atoms with E-state index >= 15 is 0 Å². The molecule has 0 aliphatic carbocycles. The molecule has 1 amide bonds. The van der Waals surface area contributed by atoms with Crippen molar-refractivity contribution in [1.29, 1.82) is 0 Å². The van der Waals surface area contributed by atoms with Gasteiger partial charge in [-0.15, -0.1) is 0 Å². The lowest BCUT2D eigenvalue weighted by molar-refractivity contribution is -0.111. The number of nitrogens with zero attached hydrogens (tertiary/aromatic N) is 2. The zero-order valence-electron chi connectivity index (χ0n) is 13.6. The Bertz CT molecular complexity index is 854. The Balaban J connectivity index is 1.69. The fourth-order valence-electron chi connectivity index (χ4n) is 2.47. The molecule has 4 N–H and O–H groups in total. The molecular formula is C19H19N5O. The first-order chi connectivity index (χ1) is 12.3. The minimum atomic E-state index is -0.200. The van der Waals surface area contributed by atoms with Crippen LogP contribution >= 0.6 is 0 Å². The van der Waals surface area contributed by atoms with Gasteiger partial charge in [0.05, 0.1) is 6.20 Å². The molecule has 0 bridgehead atoms. The maximum atomic E-state index is 12.1. The third kappa shape index (κ3) is 4.39. The predicted octanol–water partition coefficient (Wildman–Crippen LogP) is 2.62. The first-order valence-corrected chi connectivity index (χ1v) is 7.97. The molecule has 0 fully saturated rings. The van der Waals surface area contributed by atoms with Gasteiger partial charge in [-0.1, -0.05) is 12.1 Å². The van der Waals surface area contributed by atoms with E-state index in [-0.39, 0.29) is 5.91 Å². The summed E-state index contributed by atoms with van der Waals surface area (Å²) in [6, 6.07) is 9.56. The Kier molecular flexibility index (Phi) is 5.33. The Morgan fingerprint density at radius 1 is 1.20 bits per heavy atom. The summed E-state index contributed by atoms with van der Waals surface area (Å²) in [7, 11) is 0. The summed E-state index contributed by atoms with van der Waals surface area (Å²) in [4.78, 5) is 16.3. The van der Waals surface area contributed by atoms with Crippen LogP contribution in [0.25, 0.3) is 17.2 Å². The van der Waals surface area contributed by atoms with Crippen molar-refractivity contribution in [2.75, 3.05) is 11.9 Å². The van der Waals surface area contributed by atoms with Crippen molar-refractivity contribution < 1.29 is 4.79 Å². The second-order valence-corrected chi connectivity index (χ2v) is 5.51. The monoisotopic (exact) mass is 333 g/mol. The van der Waals surface area contributed by atoms with Gasteiger partial charge in [-0.25, -0.2) is 0 Å². The Hall–Kier alpha value is -3.25. The van der Waals surface area contributed by atoms with E-state index in [0.717, 1.165) is 34.4 Å². The molecular weight excluding hydrogens is 314 g/mol. The third-order valence-electron chi connectivity index (χ3n) is 3.73. The van der Waals surface area contributed by atoms with Gasteiger partial charge in [0.2, 0.25) is 5.91 Å². The maximum Gasteiger partial charge on any atom is 0.248 e. The van der Waals surface area contributed by atoms with Gasteiger partial charge < -0.3 is 11.1 Å². The molecule has 2 aromatic heterocycles. The molecule has 3 rings (SSSR count). The van der Waals surface area contributed by atoms with Crippen molar-refractivity contribution in [3.05, 3.63) is 72.3 Å². The van der Waals surface area contributed by atoms with Crippen LogP contribution in [0.1, 0.15) is 11.1 Å². The molecule has 6 heteroatoms. The van der Waals surface area contributed by atoms with E-state index in [2.05, 4.69) is 20.5 Å². The van der Waals surface area contributed by atoms with Gasteiger partial charge in [0, 0.05) is 41.5 Å². The van der Waals surface area contributed by atoms with Crippen LogP contribution in [0.2, 0.25) is 0 Å². The number of H-pyrrole nitrogens is 1. The van der Waals surface area contributed by atoms with E-state index in [9.17, 15) is 4.79 Å². The van der Waals surface area contributed by atoms with E-state index in [4.69, 9.17) is 5.73 Å². The molecule has 3 aromatic rings. The van der Waals surface area contributed by atoms with Gasteiger partial charge >= 0.3 is 0 Å². The molecule has 0 spiro atoms. The summed E-state index contributed by atoms with van der Waals surface area (Å²) in [5.41, 5.74) is 10.2. The number of nitrogens with two attached hydrogens (primary N) is 1. The average Bonchev–Trinajstić information content (AvgIpc) is 3.17. The standard InChI is InChI=1S/C19H19N5O/c20-9-7-14-1-4-17(5-2-14)24-19(25)6-3-15-11-21-10-8-18(15)16-12-22-23-13-16/h1-6,8,10-13H,7,9,20H2,(H,22,23)(H,24,25)/b6-3+. The number of amides is 1. The van der Waals surface area contributed by atoms with E-state index < -0.39 is 0 Å². The van der Waals surface area contributed by atoms with Crippen LogP contribution in [0, 0.1) is 0 Å². The van der Waals surface area contributed by atoms with E-state index in [0.29, 0.717) is 6.54 Å². The van der Waals surface area contributed by atoms with Crippen molar-refractivity contribution in [1.82, 2.24) is 15.2 Å². The summed E-state index contributed by atoms with van der Waals surface area (Å²) in [6.45, 7) is 0.610. The molecule has 126 valence electrons. The molecule has 0 aliphatic heterocycles. The molecule has 1 aromatic carbocycles. The number of carbonyl (C=O) groups is 1. The molecule has 0 unspecified atom stereocenters. The van der Waals surface area contributed by atoms with Crippen LogP contribution in [-0.2, 0) is 11.2 Å². The summed E-state index contributed by atoms with van der Waals surface area (Å²) in [6.07, 6.45) is 11.0. The smallest absolute Gasteiger partial charge is 0.248 e. The number of hydrogen-bond acceptors (Lipinski definition) is 4. The molecule has 6 nitrogen and oxygen atoms in total. The largest absolute Gasteiger partial charge is 0.330 e. The summed E-state index contributed by atoms with van der Waals surface area (Å²) in [5.74, 6) is -0.200. The lowest BCUT2D eigenvalue weighted by atomic mass is 10.0. The quantitative estimate of drug-likeness (QED) is 0.604. The third-order valence-corrected chi connectivity index (χ3v) is 3.73. The Morgan fingerprint density at radius 3 is 2.76 bits per heavy atom. The van der Waals surface area contributed by atoms with Gasteiger partial charge in [-0.05, 0) is 48.4 Å². The average molecular weight is 333 g/mol. The highest BCUT2D eigenvalue weighted by Crippen LogP contribution is 2.22. The topological polar surface area (TPSA) is 96.7 Å². The van der Waals surface area contributed by atoms with Crippen molar-refractivity contribution in [2.45, 2.75) is 6.42 Å². The lowest BCUT2D eigenvalue weighted by Crippen LogP contribution is -2.08. The highest BCUT2D eigenvalue weighted by molar-refractivity contribution is 6.02. The van der Waals surface area contributed by atoms with E-state index in [1.54, 1.807) is 30.9 Å². The second-order valence-electron chi connectivity index (χ2n) is 5.51. The van der Waals surface area contributed by atoms with Crippen molar-refractivity contribution in [3.63, 3.8) is 0 Å². The highest BCUT2D eigenvalue weighted by atomic mass is 16.1. The fraction of sp³-hybridized carbons (Fsp3) is 0.105. The zero-order chi connectivity index (χ0) is 17.5. The number of rotatable bonds is 6. The van der Waals surface area contributed by atoms with Crippen LogP contribution in [0.15, 0.2) is 61.2 Å². The number of pyridine rings is 1. The Morgan fingerprint density at radius 2 is 2.04 bits per heavy atom. The zero-order valence-corrected chi connectivity index (χ0v) is 13.6. The second kappa shape index (κ2) is 8.03. The van der Waals surface area contributed by atoms with Crippen molar-refractivity contribution >= 4 is 17.7 Å².